The van der Waals surface area contributed by atoms with Crippen LogP contribution in [-0.4, -0.2) is 32.1 Å². The van der Waals surface area contributed by atoms with Gasteiger partial charge in [-0.3, -0.25) is 4.40 Å². The molecule has 7 nitrogen and oxygen atoms in total. The number of rotatable bonds is 5. The van der Waals surface area contributed by atoms with Gasteiger partial charge in [0.1, 0.15) is 17.2 Å². The number of carbonyl (C=O) groups is 1. The second-order valence-corrected chi connectivity index (χ2v) is 7.41. The fraction of sp³-hybridized carbons (Fsp3) is 0.174. The highest BCUT2D eigenvalue weighted by Crippen LogP contribution is 2.31. The molecule has 8 heteroatoms. The van der Waals surface area contributed by atoms with E-state index in [1.807, 2.05) is 19.2 Å². The highest BCUT2D eigenvalue weighted by Gasteiger charge is 2.20. The van der Waals surface area contributed by atoms with Gasteiger partial charge in [0.2, 0.25) is 5.95 Å². The van der Waals surface area contributed by atoms with Crippen LogP contribution in [0.2, 0.25) is 0 Å². The first kappa shape index (κ1) is 19.0. The number of aryl methyl sites for hydroxylation is 1. The summed E-state index contributed by atoms with van der Waals surface area (Å²) in [6.45, 7) is 2.68. The lowest BCUT2D eigenvalue weighted by Gasteiger charge is -2.13. The molecule has 0 unspecified atom stereocenters. The maximum Gasteiger partial charge on any atom is 0.335 e. The number of halogens is 1. The molecule has 1 aliphatic heterocycles. The average Bonchev–Trinajstić information content (AvgIpc) is 3.39. The van der Waals surface area contributed by atoms with E-state index >= 15 is 0 Å². The predicted octanol–water partition coefficient (Wildman–Crippen LogP) is 4.09. The molecule has 2 aromatic carbocycles. The predicted molar refractivity (Wildman–Crippen MR) is 113 cm³/mol. The van der Waals surface area contributed by atoms with Crippen molar-refractivity contribution in [2.45, 2.75) is 19.9 Å². The molecule has 2 N–H and O–H groups in total. The van der Waals surface area contributed by atoms with E-state index in [9.17, 15) is 14.3 Å². The normalized spacial score (nSPS) is 12.6. The topological polar surface area (TPSA) is 88.8 Å². The summed E-state index contributed by atoms with van der Waals surface area (Å²) in [6, 6.07) is 9.74. The van der Waals surface area contributed by atoms with Crippen molar-refractivity contribution in [3.63, 3.8) is 0 Å². The second kappa shape index (κ2) is 7.39. The van der Waals surface area contributed by atoms with Crippen molar-refractivity contribution in [2.24, 2.45) is 0 Å². The van der Waals surface area contributed by atoms with Crippen LogP contribution in [0.5, 0.6) is 5.75 Å². The number of aromatic nitrogens is 3. The van der Waals surface area contributed by atoms with Gasteiger partial charge in [0.15, 0.2) is 0 Å². The molecule has 0 saturated heterocycles. The molecule has 0 radical (unpaired) electrons. The number of anilines is 1. The average molecular weight is 418 g/mol. The van der Waals surface area contributed by atoms with Gasteiger partial charge in [0.05, 0.1) is 17.9 Å². The lowest BCUT2D eigenvalue weighted by Crippen LogP contribution is -2.09. The van der Waals surface area contributed by atoms with Crippen LogP contribution in [0.3, 0.4) is 0 Å². The molecule has 0 spiro atoms. The highest BCUT2D eigenvalue weighted by molar-refractivity contribution is 5.90. The fourth-order valence-corrected chi connectivity index (χ4v) is 3.92. The van der Waals surface area contributed by atoms with Crippen LogP contribution >= 0.6 is 0 Å². The third kappa shape index (κ3) is 3.35. The number of benzene rings is 2. The first-order valence-corrected chi connectivity index (χ1v) is 9.86. The number of nitrogens with zero attached hydrogens (tertiary/aromatic N) is 3. The molecule has 3 heterocycles. The summed E-state index contributed by atoms with van der Waals surface area (Å²) >= 11 is 0. The third-order valence-electron chi connectivity index (χ3n) is 5.40. The molecule has 31 heavy (non-hydrogen) atoms. The standard InChI is InChI=1S/C23H19FN4O3/c1-13-12-28-21(27-13)17(14-3-2-4-15(9-14)22(29)30)10-25-23(28)26-11-18-16-7-8-31-20(16)6-5-19(18)24/h2-6,9-10,12H,7-8,11H2,1H3,(H,25,26)(H,29,30). The van der Waals surface area contributed by atoms with E-state index < -0.39 is 5.97 Å². The van der Waals surface area contributed by atoms with Crippen LogP contribution in [0.4, 0.5) is 10.3 Å². The zero-order chi connectivity index (χ0) is 21.5. The van der Waals surface area contributed by atoms with Gasteiger partial charge in [-0.2, -0.15) is 0 Å². The van der Waals surface area contributed by atoms with Crippen molar-refractivity contribution < 1.29 is 19.0 Å². The molecular formula is C23H19FN4O3. The van der Waals surface area contributed by atoms with Crippen LogP contribution < -0.4 is 10.1 Å². The minimum atomic E-state index is -0.995. The number of hydrogen-bond donors (Lipinski definition) is 2. The molecule has 0 atom stereocenters. The van der Waals surface area contributed by atoms with Gasteiger partial charge in [0.25, 0.3) is 0 Å². The van der Waals surface area contributed by atoms with Crippen LogP contribution in [0.1, 0.15) is 27.2 Å². The summed E-state index contributed by atoms with van der Waals surface area (Å²) in [6.07, 6.45) is 4.17. The monoisotopic (exact) mass is 418 g/mol. The zero-order valence-electron chi connectivity index (χ0n) is 16.7. The minimum absolute atomic E-state index is 0.191. The van der Waals surface area contributed by atoms with Crippen molar-refractivity contribution in [3.8, 4) is 16.9 Å². The van der Waals surface area contributed by atoms with Gasteiger partial charge >= 0.3 is 5.97 Å². The Bertz CT molecular complexity index is 1330. The molecule has 1 aliphatic rings. The first-order valence-electron chi connectivity index (χ1n) is 9.86. The number of hydrogen-bond acceptors (Lipinski definition) is 5. The third-order valence-corrected chi connectivity index (χ3v) is 5.40. The van der Waals surface area contributed by atoms with Gasteiger partial charge in [-0.1, -0.05) is 12.1 Å². The molecule has 2 aromatic heterocycles. The number of imidazole rings is 1. The van der Waals surface area contributed by atoms with E-state index in [4.69, 9.17) is 4.74 Å². The molecule has 0 fully saturated rings. The largest absolute Gasteiger partial charge is 0.493 e. The van der Waals surface area contributed by atoms with Crippen LogP contribution in [-0.2, 0) is 13.0 Å². The summed E-state index contributed by atoms with van der Waals surface area (Å²) in [5.74, 6) is -0.0324. The number of aromatic carboxylic acids is 1. The maximum absolute atomic E-state index is 14.5. The molecule has 156 valence electrons. The summed E-state index contributed by atoms with van der Waals surface area (Å²) in [5.41, 5.74) is 4.48. The fourth-order valence-electron chi connectivity index (χ4n) is 3.92. The van der Waals surface area contributed by atoms with Crippen molar-refractivity contribution in [2.75, 3.05) is 11.9 Å². The zero-order valence-corrected chi connectivity index (χ0v) is 16.7. The summed E-state index contributed by atoms with van der Waals surface area (Å²) in [7, 11) is 0. The van der Waals surface area contributed by atoms with Gasteiger partial charge in [0, 0.05) is 42.0 Å². The van der Waals surface area contributed by atoms with Gasteiger partial charge in [-0.05, 0) is 36.8 Å². The van der Waals surface area contributed by atoms with E-state index in [1.165, 1.54) is 6.07 Å². The van der Waals surface area contributed by atoms with E-state index in [-0.39, 0.29) is 17.9 Å². The molecule has 5 rings (SSSR count). The Labute approximate surface area is 177 Å². The van der Waals surface area contributed by atoms with Crippen molar-refractivity contribution in [3.05, 3.63) is 77.0 Å². The lowest BCUT2D eigenvalue weighted by atomic mass is 10.0. The van der Waals surface area contributed by atoms with Crippen LogP contribution in [0, 0.1) is 12.7 Å². The van der Waals surface area contributed by atoms with Gasteiger partial charge in [-0.15, -0.1) is 0 Å². The van der Waals surface area contributed by atoms with Crippen LogP contribution in [0.25, 0.3) is 16.8 Å². The second-order valence-electron chi connectivity index (χ2n) is 7.41. The maximum atomic E-state index is 14.5. The summed E-state index contributed by atoms with van der Waals surface area (Å²) < 4.78 is 21.8. The Morgan fingerprint density at radius 2 is 2.19 bits per heavy atom. The van der Waals surface area contributed by atoms with Gasteiger partial charge < -0.3 is 15.2 Å². The molecule has 4 aromatic rings. The minimum Gasteiger partial charge on any atom is -0.493 e. The Morgan fingerprint density at radius 3 is 3.03 bits per heavy atom. The van der Waals surface area contributed by atoms with Crippen molar-refractivity contribution in [1.82, 2.24) is 14.4 Å². The first-order chi connectivity index (χ1) is 15.0. The number of carboxylic acid groups (broad SMARTS) is 1. The molecule has 0 saturated carbocycles. The lowest BCUT2D eigenvalue weighted by molar-refractivity contribution is 0.0697. The smallest absolute Gasteiger partial charge is 0.335 e. The number of fused-ring (bicyclic) bond motifs is 2. The molecular weight excluding hydrogens is 399 g/mol. The SMILES string of the molecule is Cc1cn2c(NCc3c(F)ccc4c3CCO4)ncc(-c3cccc(C(=O)O)c3)c2n1. The summed E-state index contributed by atoms with van der Waals surface area (Å²) in [5, 5.41) is 12.5. The Kier molecular flexibility index (Phi) is 4.54. The Morgan fingerprint density at radius 1 is 1.32 bits per heavy atom. The molecule has 0 amide bonds. The molecule has 0 aliphatic carbocycles. The van der Waals surface area contributed by atoms with Gasteiger partial charge in [-0.25, -0.2) is 19.2 Å². The van der Waals surface area contributed by atoms with E-state index in [1.54, 1.807) is 34.9 Å². The highest BCUT2D eigenvalue weighted by atomic mass is 19.1. The Balaban J connectivity index is 1.52. The van der Waals surface area contributed by atoms with E-state index in [0.717, 1.165) is 17.0 Å². The van der Waals surface area contributed by atoms with E-state index in [2.05, 4.69) is 15.3 Å². The number of ether oxygens (including phenoxy) is 1. The van der Waals surface area contributed by atoms with Crippen molar-refractivity contribution >= 4 is 17.6 Å². The van der Waals surface area contributed by atoms with E-state index in [0.29, 0.717) is 41.3 Å². The number of carboxylic acids is 1. The Hall–Kier alpha value is -3.94. The van der Waals surface area contributed by atoms with Crippen LogP contribution in [0.15, 0.2) is 48.8 Å². The van der Waals surface area contributed by atoms with Crippen molar-refractivity contribution in [1.29, 1.82) is 0 Å². The number of nitrogens with one attached hydrogen (secondary N) is 1. The molecule has 0 bridgehead atoms. The summed E-state index contributed by atoms with van der Waals surface area (Å²) in [4.78, 5) is 20.5. The quantitative estimate of drug-likeness (QED) is 0.508.